The van der Waals surface area contributed by atoms with Crippen molar-refractivity contribution in [3.63, 3.8) is 0 Å². The molecule has 0 spiro atoms. The van der Waals surface area contributed by atoms with E-state index < -0.39 is 0 Å². The minimum Gasteiger partial charge on any atom is -0.373 e. The Labute approximate surface area is 153 Å². The van der Waals surface area contributed by atoms with Crippen LogP contribution < -0.4 is 5.32 Å². The molecule has 128 valence electrons. The third kappa shape index (κ3) is 2.22. The van der Waals surface area contributed by atoms with Crippen LogP contribution in [-0.2, 0) is 4.79 Å². The third-order valence-corrected chi connectivity index (χ3v) is 5.77. The van der Waals surface area contributed by atoms with Gasteiger partial charge in [-0.1, -0.05) is 54.6 Å². The summed E-state index contributed by atoms with van der Waals surface area (Å²) >= 11 is 0. The zero-order valence-corrected chi connectivity index (χ0v) is 14.9. The molecule has 0 fully saturated rings. The molecule has 0 saturated heterocycles. The molecule has 2 aliphatic rings. The number of hydrogen-bond donors (Lipinski definition) is 1. The average Bonchev–Trinajstić information content (AvgIpc) is 2.67. The maximum atomic E-state index is 13.0. The number of aryl methyl sites for hydroxylation is 1. The molecule has 3 aromatic rings. The molecule has 1 atom stereocenters. The van der Waals surface area contributed by atoms with E-state index in [-0.39, 0.29) is 6.04 Å². The van der Waals surface area contributed by atoms with Gasteiger partial charge in [0.2, 0.25) is 0 Å². The number of carbonyl (C=O) groups is 1. The molecule has 2 nitrogen and oxygen atoms in total. The minimum atomic E-state index is -0.0485. The molecule has 1 aliphatic carbocycles. The Bertz CT molecular complexity index is 1080. The molecule has 1 aliphatic heterocycles. The van der Waals surface area contributed by atoms with Gasteiger partial charge >= 0.3 is 0 Å². The van der Waals surface area contributed by atoms with Crippen LogP contribution in [0.4, 0.5) is 5.69 Å². The highest BCUT2D eigenvalue weighted by Crippen LogP contribution is 2.48. The highest BCUT2D eigenvalue weighted by molar-refractivity contribution is 6.12. The van der Waals surface area contributed by atoms with Gasteiger partial charge in [-0.05, 0) is 53.3 Å². The molecule has 1 heterocycles. The SMILES string of the molecule is Cc1ccccc1C1Nc2ccc3ccccc3c2C2=C1C(=O)CCC2. The van der Waals surface area contributed by atoms with Crippen molar-refractivity contribution >= 4 is 27.8 Å². The zero-order chi connectivity index (χ0) is 17.7. The van der Waals surface area contributed by atoms with E-state index in [0.717, 1.165) is 24.1 Å². The van der Waals surface area contributed by atoms with Crippen LogP contribution in [0.3, 0.4) is 0 Å². The highest BCUT2D eigenvalue weighted by Gasteiger charge is 2.35. The van der Waals surface area contributed by atoms with Crippen LogP contribution in [0, 0.1) is 6.92 Å². The topological polar surface area (TPSA) is 29.1 Å². The van der Waals surface area contributed by atoms with Gasteiger partial charge in [0.15, 0.2) is 5.78 Å². The van der Waals surface area contributed by atoms with E-state index in [2.05, 4.69) is 72.9 Å². The Hall–Kier alpha value is -2.87. The van der Waals surface area contributed by atoms with Crippen molar-refractivity contribution in [3.8, 4) is 0 Å². The highest BCUT2D eigenvalue weighted by atomic mass is 16.1. The predicted octanol–water partition coefficient (Wildman–Crippen LogP) is 5.82. The summed E-state index contributed by atoms with van der Waals surface area (Å²) in [6, 6.07) is 21.2. The van der Waals surface area contributed by atoms with Gasteiger partial charge in [-0.15, -0.1) is 0 Å². The Morgan fingerprint density at radius 1 is 0.923 bits per heavy atom. The molecular weight excluding hydrogens is 318 g/mol. The quantitative estimate of drug-likeness (QED) is 0.605. The Morgan fingerprint density at radius 2 is 1.73 bits per heavy atom. The van der Waals surface area contributed by atoms with Gasteiger partial charge in [-0.3, -0.25) is 4.79 Å². The second-order valence-corrected chi connectivity index (χ2v) is 7.31. The fourth-order valence-electron chi connectivity index (χ4n) is 4.55. The van der Waals surface area contributed by atoms with Gasteiger partial charge in [0.1, 0.15) is 0 Å². The van der Waals surface area contributed by atoms with E-state index in [0.29, 0.717) is 12.2 Å². The normalized spacial score (nSPS) is 19.1. The van der Waals surface area contributed by atoms with E-state index in [1.807, 2.05) is 0 Å². The number of rotatable bonds is 1. The monoisotopic (exact) mass is 339 g/mol. The van der Waals surface area contributed by atoms with Crippen molar-refractivity contribution < 1.29 is 4.79 Å². The van der Waals surface area contributed by atoms with Gasteiger partial charge in [0.05, 0.1) is 6.04 Å². The number of ketones is 1. The number of carbonyl (C=O) groups excluding carboxylic acids is 1. The summed E-state index contributed by atoms with van der Waals surface area (Å²) in [5.74, 6) is 0.297. The molecule has 1 unspecified atom stereocenters. The van der Waals surface area contributed by atoms with Crippen LogP contribution in [0.25, 0.3) is 16.3 Å². The van der Waals surface area contributed by atoms with E-state index in [1.165, 1.54) is 33.0 Å². The van der Waals surface area contributed by atoms with Gasteiger partial charge in [-0.2, -0.15) is 0 Å². The Morgan fingerprint density at radius 3 is 2.62 bits per heavy atom. The summed E-state index contributed by atoms with van der Waals surface area (Å²) in [5, 5.41) is 6.16. The summed E-state index contributed by atoms with van der Waals surface area (Å²) in [5.41, 5.74) is 7.03. The average molecular weight is 339 g/mol. The van der Waals surface area contributed by atoms with Crippen LogP contribution in [0.1, 0.15) is 42.0 Å². The summed E-state index contributed by atoms with van der Waals surface area (Å²) in [4.78, 5) is 13.0. The zero-order valence-electron chi connectivity index (χ0n) is 14.9. The number of benzene rings is 3. The van der Waals surface area contributed by atoms with Crippen LogP contribution in [0.15, 0.2) is 66.2 Å². The molecule has 3 aromatic carbocycles. The van der Waals surface area contributed by atoms with Gasteiger partial charge < -0.3 is 5.32 Å². The van der Waals surface area contributed by atoms with Crippen LogP contribution in [-0.4, -0.2) is 5.78 Å². The lowest BCUT2D eigenvalue weighted by Crippen LogP contribution is -2.27. The number of allylic oxidation sites excluding steroid dienone is 1. The third-order valence-electron chi connectivity index (χ3n) is 5.77. The number of nitrogens with one attached hydrogen (secondary N) is 1. The van der Waals surface area contributed by atoms with Gasteiger partial charge in [-0.25, -0.2) is 0 Å². The molecule has 0 bridgehead atoms. The molecule has 0 radical (unpaired) electrons. The fraction of sp³-hybridized carbons (Fsp3) is 0.208. The molecule has 2 heteroatoms. The first kappa shape index (κ1) is 15.4. The van der Waals surface area contributed by atoms with Crippen LogP contribution in [0.2, 0.25) is 0 Å². The fourth-order valence-corrected chi connectivity index (χ4v) is 4.55. The Balaban J connectivity index is 1.81. The molecular formula is C24H21NO. The first-order valence-electron chi connectivity index (χ1n) is 9.34. The van der Waals surface area contributed by atoms with Crippen molar-refractivity contribution in [2.75, 3.05) is 5.32 Å². The minimum absolute atomic E-state index is 0.0485. The largest absolute Gasteiger partial charge is 0.373 e. The lowest BCUT2D eigenvalue weighted by molar-refractivity contribution is -0.116. The van der Waals surface area contributed by atoms with Crippen molar-refractivity contribution in [2.45, 2.75) is 32.2 Å². The maximum Gasteiger partial charge on any atom is 0.161 e. The number of anilines is 1. The van der Waals surface area contributed by atoms with Gasteiger partial charge in [0.25, 0.3) is 0 Å². The van der Waals surface area contributed by atoms with E-state index in [9.17, 15) is 4.79 Å². The predicted molar refractivity (Wildman–Crippen MR) is 107 cm³/mol. The van der Waals surface area contributed by atoms with Crippen molar-refractivity contribution in [3.05, 3.63) is 82.9 Å². The summed E-state index contributed by atoms with van der Waals surface area (Å²) in [6.45, 7) is 2.13. The molecule has 1 N–H and O–H groups in total. The molecule has 0 aromatic heterocycles. The van der Waals surface area contributed by atoms with Crippen molar-refractivity contribution in [1.82, 2.24) is 0 Å². The lowest BCUT2D eigenvalue weighted by Gasteiger charge is -2.35. The molecule has 0 saturated carbocycles. The van der Waals surface area contributed by atoms with E-state index in [1.54, 1.807) is 0 Å². The molecule has 26 heavy (non-hydrogen) atoms. The standard InChI is InChI=1S/C24H21NO/c1-15-7-2-4-9-17(15)24-23-19(11-6-12-21(23)26)22-18-10-5-3-8-16(18)13-14-20(22)25-24/h2-5,7-10,13-14,24-25H,6,11-12H2,1H3. The van der Waals surface area contributed by atoms with Gasteiger partial charge in [0, 0.05) is 23.2 Å². The first-order valence-corrected chi connectivity index (χ1v) is 9.34. The van der Waals surface area contributed by atoms with Crippen molar-refractivity contribution in [1.29, 1.82) is 0 Å². The number of hydrogen-bond acceptors (Lipinski definition) is 2. The summed E-state index contributed by atoms with van der Waals surface area (Å²) < 4.78 is 0. The maximum absolute atomic E-state index is 13.0. The number of fused-ring (bicyclic) bond motifs is 4. The Kier molecular flexibility index (Phi) is 3.46. The van der Waals surface area contributed by atoms with Crippen molar-refractivity contribution in [2.24, 2.45) is 0 Å². The number of Topliss-reactive ketones (excluding diaryl/α,β-unsaturated/α-hetero) is 1. The second kappa shape index (κ2) is 5.84. The van der Waals surface area contributed by atoms with Crippen LogP contribution in [0.5, 0.6) is 0 Å². The summed E-state index contributed by atoms with van der Waals surface area (Å²) in [7, 11) is 0. The second-order valence-electron chi connectivity index (χ2n) is 7.31. The molecule has 0 amide bonds. The lowest BCUT2D eigenvalue weighted by atomic mass is 9.76. The van der Waals surface area contributed by atoms with E-state index >= 15 is 0 Å². The first-order chi connectivity index (χ1) is 12.7. The molecule has 5 rings (SSSR count). The summed E-state index contributed by atoms with van der Waals surface area (Å²) in [6.07, 6.45) is 2.58. The smallest absolute Gasteiger partial charge is 0.161 e. The van der Waals surface area contributed by atoms with E-state index in [4.69, 9.17) is 0 Å². The van der Waals surface area contributed by atoms with Crippen LogP contribution >= 0.6 is 0 Å².